The van der Waals surface area contributed by atoms with E-state index >= 15 is 0 Å². The Morgan fingerprint density at radius 3 is 2.82 bits per heavy atom. The van der Waals surface area contributed by atoms with Gasteiger partial charge in [0.1, 0.15) is 11.3 Å². The standard InChI is InChI=1S/C15H13BrN2O3S/c1-3-6-18-14(20)11(13(19)17-15(18)22)8-9-7-10(16)4-5-12(9)21-2/h3-5,7-8H,1,6H2,2H3,(H,17,19,22). The maximum Gasteiger partial charge on any atom is 0.265 e. The van der Waals surface area contributed by atoms with Gasteiger partial charge in [-0.05, 0) is 36.5 Å². The molecule has 0 bridgehead atoms. The minimum atomic E-state index is -0.530. The van der Waals surface area contributed by atoms with Crippen LogP contribution in [0.1, 0.15) is 5.56 Å². The number of thiocarbonyl (C=S) groups is 1. The number of nitrogens with zero attached hydrogens (tertiary/aromatic N) is 1. The lowest BCUT2D eigenvalue weighted by atomic mass is 10.1. The first kappa shape index (κ1) is 16.4. The molecule has 7 heteroatoms. The van der Waals surface area contributed by atoms with E-state index in [4.69, 9.17) is 17.0 Å². The van der Waals surface area contributed by atoms with Gasteiger partial charge < -0.3 is 4.74 Å². The van der Waals surface area contributed by atoms with Crippen molar-refractivity contribution in [2.75, 3.05) is 13.7 Å². The molecule has 22 heavy (non-hydrogen) atoms. The van der Waals surface area contributed by atoms with Crippen LogP contribution in [0, 0.1) is 0 Å². The number of carbonyl (C=O) groups excluding carboxylic acids is 2. The Kier molecular flexibility index (Phi) is 5.10. The summed E-state index contributed by atoms with van der Waals surface area (Å²) in [5, 5.41) is 2.57. The summed E-state index contributed by atoms with van der Waals surface area (Å²) in [4.78, 5) is 25.8. The molecule has 5 nitrogen and oxygen atoms in total. The molecule has 1 fully saturated rings. The first-order valence-corrected chi connectivity index (χ1v) is 7.51. The highest BCUT2D eigenvalue weighted by molar-refractivity contribution is 9.10. The van der Waals surface area contributed by atoms with Crippen molar-refractivity contribution in [3.05, 3.63) is 46.5 Å². The quantitative estimate of drug-likeness (QED) is 0.376. The highest BCUT2D eigenvalue weighted by Gasteiger charge is 2.32. The average molecular weight is 381 g/mol. The molecule has 114 valence electrons. The van der Waals surface area contributed by atoms with Gasteiger partial charge in [0.25, 0.3) is 11.8 Å². The third-order valence-electron chi connectivity index (χ3n) is 2.99. The van der Waals surface area contributed by atoms with Crippen LogP contribution in [-0.4, -0.2) is 35.5 Å². The van der Waals surface area contributed by atoms with E-state index in [1.165, 1.54) is 18.1 Å². The normalized spacial score (nSPS) is 16.7. The Bertz CT molecular complexity index is 700. The number of hydrogen-bond donors (Lipinski definition) is 1. The van der Waals surface area contributed by atoms with Crippen LogP contribution in [0.15, 0.2) is 40.9 Å². The van der Waals surface area contributed by atoms with E-state index in [0.29, 0.717) is 11.3 Å². The molecule has 1 saturated heterocycles. The largest absolute Gasteiger partial charge is 0.496 e. The minimum absolute atomic E-state index is 0.00755. The number of halogens is 1. The lowest BCUT2D eigenvalue weighted by molar-refractivity contribution is -0.128. The van der Waals surface area contributed by atoms with Crippen LogP contribution < -0.4 is 10.1 Å². The van der Waals surface area contributed by atoms with Crippen molar-refractivity contribution in [1.29, 1.82) is 0 Å². The number of rotatable bonds is 4. The van der Waals surface area contributed by atoms with Crippen molar-refractivity contribution in [2.45, 2.75) is 0 Å². The predicted octanol–water partition coefficient (Wildman–Crippen LogP) is 2.27. The molecular weight excluding hydrogens is 368 g/mol. The van der Waals surface area contributed by atoms with Crippen LogP contribution in [0.5, 0.6) is 5.75 Å². The topological polar surface area (TPSA) is 58.6 Å². The maximum atomic E-state index is 12.4. The second kappa shape index (κ2) is 6.85. The van der Waals surface area contributed by atoms with E-state index in [0.717, 1.165) is 4.47 Å². The zero-order valence-electron chi connectivity index (χ0n) is 11.8. The number of benzene rings is 1. The molecule has 1 aromatic carbocycles. The fourth-order valence-corrected chi connectivity index (χ4v) is 2.59. The molecule has 0 radical (unpaired) electrons. The monoisotopic (exact) mass is 380 g/mol. The van der Waals surface area contributed by atoms with Crippen molar-refractivity contribution < 1.29 is 14.3 Å². The van der Waals surface area contributed by atoms with Crippen LogP contribution in [0.4, 0.5) is 0 Å². The number of methoxy groups -OCH3 is 1. The molecule has 1 N–H and O–H groups in total. The Morgan fingerprint density at radius 2 is 2.18 bits per heavy atom. The lowest BCUT2D eigenvalue weighted by Gasteiger charge is -2.27. The van der Waals surface area contributed by atoms with Gasteiger partial charge in [-0.2, -0.15) is 0 Å². The summed E-state index contributed by atoms with van der Waals surface area (Å²) in [6.45, 7) is 3.81. The summed E-state index contributed by atoms with van der Waals surface area (Å²) in [6.07, 6.45) is 3.03. The van der Waals surface area contributed by atoms with Crippen LogP contribution >= 0.6 is 28.1 Å². The van der Waals surface area contributed by atoms with Crippen molar-refractivity contribution in [1.82, 2.24) is 10.2 Å². The fourth-order valence-electron chi connectivity index (χ4n) is 1.96. The lowest BCUT2D eigenvalue weighted by Crippen LogP contribution is -2.53. The molecule has 1 aliphatic rings. The maximum absolute atomic E-state index is 12.4. The van der Waals surface area contributed by atoms with Crippen molar-refractivity contribution in [3.8, 4) is 5.75 Å². The molecule has 2 amide bonds. The second-order valence-electron chi connectivity index (χ2n) is 4.41. The summed E-state index contributed by atoms with van der Waals surface area (Å²) >= 11 is 8.35. The van der Waals surface area contributed by atoms with E-state index in [1.807, 2.05) is 6.07 Å². The first-order chi connectivity index (χ1) is 10.5. The molecule has 1 aliphatic heterocycles. The highest BCUT2D eigenvalue weighted by Crippen LogP contribution is 2.26. The molecular formula is C15H13BrN2O3S. The molecule has 0 spiro atoms. The molecule has 0 atom stereocenters. The third-order valence-corrected chi connectivity index (χ3v) is 3.80. The van der Waals surface area contributed by atoms with Gasteiger partial charge in [0, 0.05) is 16.6 Å². The number of carbonyl (C=O) groups is 2. The summed E-state index contributed by atoms with van der Waals surface area (Å²) < 4.78 is 6.05. The Balaban J connectivity index is 2.47. The van der Waals surface area contributed by atoms with Gasteiger partial charge in [0.15, 0.2) is 5.11 Å². The van der Waals surface area contributed by atoms with E-state index in [-0.39, 0.29) is 17.2 Å². The number of amides is 2. The average Bonchev–Trinajstić information content (AvgIpc) is 2.48. The number of ether oxygens (including phenoxy) is 1. The summed E-state index contributed by atoms with van der Waals surface area (Å²) in [6, 6.07) is 5.31. The second-order valence-corrected chi connectivity index (χ2v) is 5.71. The van der Waals surface area contributed by atoms with Gasteiger partial charge in [-0.15, -0.1) is 6.58 Å². The Labute approximate surface area is 141 Å². The molecule has 1 aromatic rings. The van der Waals surface area contributed by atoms with Crippen LogP contribution in [0.2, 0.25) is 0 Å². The number of hydrogen-bond acceptors (Lipinski definition) is 4. The third kappa shape index (κ3) is 3.26. The van der Waals surface area contributed by atoms with Crippen molar-refractivity contribution in [2.24, 2.45) is 0 Å². The van der Waals surface area contributed by atoms with Crippen LogP contribution in [0.3, 0.4) is 0 Å². The van der Waals surface area contributed by atoms with E-state index in [2.05, 4.69) is 27.8 Å². The molecule has 2 rings (SSSR count). The summed E-state index contributed by atoms with van der Waals surface area (Å²) in [5.41, 5.74) is 0.605. The fraction of sp³-hybridized carbons (Fsp3) is 0.133. The molecule has 0 saturated carbocycles. The van der Waals surface area contributed by atoms with Gasteiger partial charge in [-0.1, -0.05) is 22.0 Å². The van der Waals surface area contributed by atoms with E-state index in [1.54, 1.807) is 18.2 Å². The Morgan fingerprint density at radius 1 is 1.45 bits per heavy atom. The SMILES string of the molecule is C=CCN1C(=O)C(=Cc2cc(Br)ccc2OC)C(=O)NC1=S. The number of nitrogens with one attached hydrogen (secondary N) is 1. The highest BCUT2D eigenvalue weighted by atomic mass is 79.9. The van der Waals surface area contributed by atoms with Gasteiger partial charge in [-0.25, -0.2) is 0 Å². The molecule has 0 unspecified atom stereocenters. The zero-order chi connectivity index (χ0) is 16.3. The van der Waals surface area contributed by atoms with Gasteiger partial charge in [0.05, 0.1) is 7.11 Å². The molecule has 0 aromatic heterocycles. The summed E-state index contributed by atoms with van der Waals surface area (Å²) in [7, 11) is 1.52. The van der Waals surface area contributed by atoms with Gasteiger partial charge >= 0.3 is 0 Å². The van der Waals surface area contributed by atoms with Crippen molar-refractivity contribution >= 4 is 51.2 Å². The smallest absolute Gasteiger partial charge is 0.265 e. The molecule has 1 heterocycles. The van der Waals surface area contributed by atoms with Crippen molar-refractivity contribution in [3.63, 3.8) is 0 Å². The van der Waals surface area contributed by atoms with Gasteiger partial charge in [0.2, 0.25) is 0 Å². The van der Waals surface area contributed by atoms with Crippen LogP contribution in [0.25, 0.3) is 6.08 Å². The predicted molar refractivity (Wildman–Crippen MR) is 91.3 cm³/mol. The zero-order valence-corrected chi connectivity index (χ0v) is 14.2. The van der Waals surface area contributed by atoms with Gasteiger partial charge in [-0.3, -0.25) is 19.8 Å². The first-order valence-electron chi connectivity index (χ1n) is 6.31. The molecule has 0 aliphatic carbocycles. The summed E-state index contributed by atoms with van der Waals surface area (Å²) in [5.74, 6) is -0.437. The van der Waals surface area contributed by atoms with Crippen LogP contribution in [-0.2, 0) is 9.59 Å². The Hall–Kier alpha value is -1.99. The van der Waals surface area contributed by atoms with E-state index in [9.17, 15) is 9.59 Å². The van der Waals surface area contributed by atoms with E-state index < -0.39 is 11.8 Å². The minimum Gasteiger partial charge on any atom is -0.496 e.